The maximum Gasteiger partial charge on any atom is 0.237 e. The molecule has 0 radical (unpaired) electrons. The fraction of sp³-hybridized carbons (Fsp3) is 0.208. The largest absolute Gasteiger partial charge is 0.497 e. The summed E-state index contributed by atoms with van der Waals surface area (Å²) in [6, 6.07) is 21.1. The monoisotopic (exact) mass is 448 g/mol. The van der Waals surface area contributed by atoms with Gasteiger partial charge in [0.1, 0.15) is 11.5 Å². The molecule has 2 aromatic carbocycles. The highest BCUT2D eigenvalue weighted by Gasteiger charge is 2.19. The number of carbonyl (C=O) groups is 1. The Balaban J connectivity index is 1.57. The molecule has 8 heteroatoms. The molecule has 0 saturated heterocycles. The van der Waals surface area contributed by atoms with Crippen molar-refractivity contribution in [1.29, 1.82) is 0 Å². The van der Waals surface area contributed by atoms with E-state index in [1.54, 1.807) is 18.3 Å². The number of hydrogen-bond acceptors (Lipinski definition) is 6. The van der Waals surface area contributed by atoms with Crippen molar-refractivity contribution in [3.05, 3.63) is 78.8 Å². The van der Waals surface area contributed by atoms with Crippen molar-refractivity contribution in [2.24, 2.45) is 0 Å². The lowest BCUT2D eigenvalue weighted by Gasteiger charge is -2.20. The van der Waals surface area contributed by atoms with Crippen LogP contribution >= 0.6 is 11.8 Å². The molecule has 32 heavy (non-hydrogen) atoms. The van der Waals surface area contributed by atoms with E-state index in [1.807, 2.05) is 78.2 Å². The molecule has 0 saturated carbocycles. The minimum absolute atomic E-state index is 0.0160. The SMILES string of the molecule is CCN(C(=O)CSc1nnc(-c2ccc(OC)cc2)n1Cc1ccco1)c1ccccc1. The molecule has 0 aliphatic carbocycles. The first-order valence-corrected chi connectivity index (χ1v) is 11.3. The van der Waals surface area contributed by atoms with E-state index in [0.29, 0.717) is 24.1 Å². The van der Waals surface area contributed by atoms with Crippen LogP contribution in [0, 0.1) is 0 Å². The molecule has 164 valence electrons. The number of carbonyl (C=O) groups excluding carboxylic acids is 1. The van der Waals surface area contributed by atoms with Crippen LogP contribution < -0.4 is 9.64 Å². The molecule has 2 heterocycles. The molecular formula is C24H24N4O3S. The third-order valence-electron chi connectivity index (χ3n) is 4.97. The van der Waals surface area contributed by atoms with Gasteiger partial charge in [-0.2, -0.15) is 0 Å². The van der Waals surface area contributed by atoms with Crippen molar-refractivity contribution in [2.75, 3.05) is 24.3 Å². The van der Waals surface area contributed by atoms with Gasteiger partial charge in [0.2, 0.25) is 5.91 Å². The van der Waals surface area contributed by atoms with Crippen molar-refractivity contribution in [1.82, 2.24) is 14.8 Å². The van der Waals surface area contributed by atoms with Crippen LogP contribution in [0.5, 0.6) is 5.75 Å². The molecule has 0 bridgehead atoms. The molecule has 0 spiro atoms. The van der Waals surface area contributed by atoms with Crippen molar-refractivity contribution in [3.8, 4) is 17.1 Å². The normalized spacial score (nSPS) is 10.8. The number of amides is 1. The number of anilines is 1. The van der Waals surface area contributed by atoms with E-state index in [1.165, 1.54) is 11.8 Å². The Bertz CT molecular complexity index is 1140. The predicted octanol–water partition coefficient (Wildman–Crippen LogP) is 4.74. The number of methoxy groups -OCH3 is 1. The van der Waals surface area contributed by atoms with Gasteiger partial charge in [0.15, 0.2) is 11.0 Å². The average molecular weight is 449 g/mol. The summed E-state index contributed by atoms with van der Waals surface area (Å²) in [4.78, 5) is 14.7. The Morgan fingerprint density at radius 1 is 1.06 bits per heavy atom. The number of hydrogen-bond donors (Lipinski definition) is 0. The second-order valence-electron chi connectivity index (χ2n) is 6.96. The number of benzene rings is 2. The maximum atomic E-state index is 12.9. The maximum absolute atomic E-state index is 12.9. The Hall–Kier alpha value is -3.52. The molecule has 0 unspecified atom stereocenters. The molecule has 0 aliphatic heterocycles. The van der Waals surface area contributed by atoms with Crippen LogP contribution in [0.2, 0.25) is 0 Å². The van der Waals surface area contributed by atoms with E-state index in [9.17, 15) is 4.79 Å². The molecule has 0 atom stereocenters. The van der Waals surface area contributed by atoms with Gasteiger partial charge in [-0.3, -0.25) is 9.36 Å². The van der Waals surface area contributed by atoms with E-state index in [4.69, 9.17) is 9.15 Å². The van der Waals surface area contributed by atoms with Gasteiger partial charge in [-0.1, -0.05) is 30.0 Å². The molecule has 0 aliphatic rings. The fourth-order valence-electron chi connectivity index (χ4n) is 3.37. The van der Waals surface area contributed by atoms with Crippen LogP contribution in [0.25, 0.3) is 11.4 Å². The Labute approximate surface area is 191 Å². The van der Waals surface area contributed by atoms with Crippen LogP contribution in [-0.4, -0.2) is 40.1 Å². The highest BCUT2D eigenvalue weighted by molar-refractivity contribution is 7.99. The summed E-state index contributed by atoms with van der Waals surface area (Å²) < 4.78 is 12.8. The quantitative estimate of drug-likeness (QED) is 0.344. The van der Waals surface area contributed by atoms with E-state index in [0.717, 1.165) is 22.8 Å². The topological polar surface area (TPSA) is 73.4 Å². The van der Waals surface area contributed by atoms with Gasteiger partial charge < -0.3 is 14.1 Å². The number of thioether (sulfide) groups is 1. The van der Waals surface area contributed by atoms with Gasteiger partial charge in [-0.25, -0.2) is 0 Å². The van der Waals surface area contributed by atoms with Crippen LogP contribution in [-0.2, 0) is 11.3 Å². The predicted molar refractivity (Wildman–Crippen MR) is 125 cm³/mol. The van der Waals surface area contributed by atoms with Gasteiger partial charge in [0.25, 0.3) is 0 Å². The van der Waals surface area contributed by atoms with Crippen LogP contribution in [0.3, 0.4) is 0 Å². The van der Waals surface area contributed by atoms with Crippen molar-refractivity contribution in [3.63, 3.8) is 0 Å². The lowest BCUT2D eigenvalue weighted by molar-refractivity contribution is -0.116. The first-order valence-electron chi connectivity index (χ1n) is 10.3. The number of rotatable bonds is 9. The number of ether oxygens (including phenoxy) is 1. The zero-order chi connectivity index (χ0) is 22.3. The zero-order valence-electron chi connectivity index (χ0n) is 18.0. The van der Waals surface area contributed by atoms with Crippen LogP contribution in [0.1, 0.15) is 12.7 Å². The van der Waals surface area contributed by atoms with Gasteiger partial charge in [0.05, 0.1) is 25.7 Å². The highest BCUT2D eigenvalue weighted by atomic mass is 32.2. The number of para-hydroxylation sites is 1. The summed E-state index contributed by atoms with van der Waals surface area (Å²) in [5, 5.41) is 9.44. The van der Waals surface area contributed by atoms with Crippen LogP contribution in [0.4, 0.5) is 5.69 Å². The molecule has 7 nitrogen and oxygen atoms in total. The summed E-state index contributed by atoms with van der Waals surface area (Å²) >= 11 is 1.37. The smallest absolute Gasteiger partial charge is 0.237 e. The summed E-state index contributed by atoms with van der Waals surface area (Å²) in [6.07, 6.45) is 1.64. The molecule has 4 rings (SSSR count). The number of aromatic nitrogens is 3. The van der Waals surface area contributed by atoms with Gasteiger partial charge in [-0.15, -0.1) is 10.2 Å². The van der Waals surface area contributed by atoms with Crippen LogP contribution in [0.15, 0.2) is 82.6 Å². The van der Waals surface area contributed by atoms with Gasteiger partial charge in [-0.05, 0) is 55.5 Å². The molecular weight excluding hydrogens is 424 g/mol. The number of nitrogens with zero attached hydrogens (tertiary/aromatic N) is 4. The summed E-state index contributed by atoms with van der Waals surface area (Å²) in [5.41, 5.74) is 1.79. The standard InChI is InChI=1S/C24H24N4O3S/c1-3-27(19-8-5-4-6-9-19)22(29)17-32-24-26-25-23(18-11-13-20(30-2)14-12-18)28(24)16-21-10-7-15-31-21/h4-15H,3,16-17H2,1-2H3. The first kappa shape index (κ1) is 21.7. The third-order valence-corrected chi connectivity index (χ3v) is 5.92. The minimum atomic E-state index is 0.0160. The lowest BCUT2D eigenvalue weighted by atomic mass is 10.2. The average Bonchev–Trinajstić information content (AvgIpc) is 3.49. The van der Waals surface area contributed by atoms with E-state index in [2.05, 4.69) is 10.2 Å². The Morgan fingerprint density at radius 2 is 1.84 bits per heavy atom. The molecule has 4 aromatic rings. The second-order valence-corrected chi connectivity index (χ2v) is 7.90. The fourth-order valence-corrected chi connectivity index (χ4v) is 4.18. The highest BCUT2D eigenvalue weighted by Crippen LogP contribution is 2.27. The van der Waals surface area contributed by atoms with Gasteiger partial charge >= 0.3 is 0 Å². The third kappa shape index (κ3) is 4.86. The number of furan rings is 1. The zero-order valence-corrected chi connectivity index (χ0v) is 18.8. The Morgan fingerprint density at radius 3 is 2.50 bits per heavy atom. The summed E-state index contributed by atoms with van der Waals surface area (Å²) in [5.74, 6) is 2.53. The van der Waals surface area contributed by atoms with E-state index < -0.39 is 0 Å². The molecule has 0 fully saturated rings. The van der Waals surface area contributed by atoms with E-state index in [-0.39, 0.29) is 11.7 Å². The second kappa shape index (κ2) is 10.2. The minimum Gasteiger partial charge on any atom is -0.497 e. The summed E-state index contributed by atoms with van der Waals surface area (Å²) in [7, 11) is 1.63. The van der Waals surface area contributed by atoms with Crippen molar-refractivity contribution >= 4 is 23.4 Å². The van der Waals surface area contributed by atoms with Crippen molar-refractivity contribution in [2.45, 2.75) is 18.6 Å². The first-order chi connectivity index (χ1) is 15.7. The summed E-state index contributed by atoms with van der Waals surface area (Å²) in [6.45, 7) is 3.03. The van der Waals surface area contributed by atoms with Gasteiger partial charge in [0, 0.05) is 17.8 Å². The lowest BCUT2D eigenvalue weighted by Crippen LogP contribution is -2.32. The van der Waals surface area contributed by atoms with E-state index >= 15 is 0 Å². The molecule has 1 amide bonds. The molecule has 2 aromatic heterocycles. The van der Waals surface area contributed by atoms with Crippen molar-refractivity contribution < 1.29 is 13.9 Å². The molecule has 0 N–H and O–H groups in total. The Kier molecular flexibility index (Phi) is 6.91.